The van der Waals surface area contributed by atoms with Crippen LogP contribution in [-0.4, -0.2) is 10.8 Å². The van der Waals surface area contributed by atoms with E-state index in [0.29, 0.717) is 4.47 Å². The maximum Gasteiger partial charge on any atom is 0.295 e. The maximum atomic E-state index is 13.7. The molecule has 1 N–H and O–H groups in total. The molecule has 2 rings (SSSR count). The quantitative estimate of drug-likeness (QED) is 0.589. The van der Waals surface area contributed by atoms with E-state index in [4.69, 9.17) is 0 Å². The van der Waals surface area contributed by atoms with Crippen molar-refractivity contribution in [2.45, 2.75) is 0 Å². The van der Waals surface area contributed by atoms with Crippen LogP contribution in [0.25, 0.3) is 0 Å². The van der Waals surface area contributed by atoms with Crippen molar-refractivity contribution < 1.29 is 14.1 Å². The molecule has 0 fully saturated rings. The highest BCUT2D eigenvalue weighted by molar-refractivity contribution is 9.11. The van der Waals surface area contributed by atoms with Crippen molar-refractivity contribution in [2.75, 3.05) is 5.32 Å². The molecule has 0 spiro atoms. The lowest BCUT2D eigenvalue weighted by atomic mass is 10.2. The summed E-state index contributed by atoms with van der Waals surface area (Å²) in [5.41, 5.74) is -0.727. The molecule has 0 heterocycles. The first kappa shape index (κ1) is 15.6. The van der Waals surface area contributed by atoms with E-state index in [1.807, 2.05) is 0 Å². The van der Waals surface area contributed by atoms with Crippen LogP contribution in [0.3, 0.4) is 0 Å². The lowest BCUT2D eigenvalue weighted by molar-refractivity contribution is -0.384. The van der Waals surface area contributed by atoms with E-state index >= 15 is 0 Å². The van der Waals surface area contributed by atoms with Gasteiger partial charge in [0.25, 0.3) is 11.6 Å². The summed E-state index contributed by atoms with van der Waals surface area (Å²) in [6.07, 6.45) is 0. The molecule has 0 aliphatic carbocycles. The Morgan fingerprint density at radius 3 is 2.57 bits per heavy atom. The van der Waals surface area contributed by atoms with Crippen molar-refractivity contribution in [2.24, 2.45) is 0 Å². The first-order valence-electron chi connectivity index (χ1n) is 5.59. The number of benzene rings is 2. The predicted octanol–water partition coefficient (Wildman–Crippen LogP) is 4.51. The Morgan fingerprint density at radius 1 is 1.24 bits per heavy atom. The van der Waals surface area contributed by atoms with Crippen LogP contribution in [0, 0.1) is 15.9 Å². The number of halogens is 3. The number of hydrogen-bond acceptors (Lipinski definition) is 3. The summed E-state index contributed by atoms with van der Waals surface area (Å²) in [7, 11) is 0. The van der Waals surface area contributed by atoms with Gasteiger partial charge in [-0.3, -0.25) is 14.9 Å². The van der Waals surface area contributed by atoms with Crippen molar-refractivity contribution in [1.82, 2.24) is 0 Å². The van der Waals surface area contributed by atoms with Gasteiger partial charge in [-0.15, -0.1) is 0 Å². The zero-order valence-corrected chi connectivity index (χ0v) is 13.4. The van der Waals surface area contributed by atoms with E-state index in [-0.39, 0.29) is 5.56 Å². The number of carbonyl (C=O) groups excluding carboxylic acids is 1. The van der Waals surface area contributed by atoms with Crippen molar-refractivity contribution in [3.63, 3.8) is 0 Å². The van der Waals surface area contributed by atoms with E-state index < -0.39 is 28.0 Å². The fourth-order valence-corrected chi connectivity index (χ4v) is 2.87. The van der Waals surface area contributed by atoms with E-state index in [1.54, 1.807) is 12.1 Å². The second-order valence-electron chi connectivity index (χ2n) is 3.97. The molecule has 1 amide bonds. The zero-order chi connectivity index (χ0) is 15.6. The largest absolute Gasteiger partial charge is 0.314 e. The molecule has 0 aliphatic heterocycles. The van der Waals surface area contributed by atoms with Crippen LogP contribution in [-0.2, 0) is 0 Å². The SMILES string of the molecule is O=C(Nc1c(F)cccc1[N+](=O)[O-])c1ccc(Br)cc1Br. The zero-order valence-electron chi connectivity index (χ0n) is 10.3. The fourth-order valence-electron chi connectivity index (χ4n) is 1.64. The minimum atomic E-state index is -0.870. The third kappa shape index (κ3) is 3.45. The van der Waals surface area contributed by atoms with Crippen LogP contribution in [0.15, 0.2) is 45.3 Å². The summed E-state index contributed by atoms with van der Waals surface area (Å²) in [6, 6.07) is 8.16. The van der Waals surface area contributed by atoms with Crippen LogP contribution >= 0.6 is 31.9 Å². The molecule has 0 aromatic heterocycles. The third-order valence-corrected chi connectivity index (χ3v) is 3.75. The molecule has 0 unspecified atom stereocenters. The summed E-state index contributed by atoms with van der Waals surface area (Å²) in [5.74, 6) is -1.52. The Balaban J connectivity index is 2.38. The molecule has 0 saturated carbocycles. The number of hydrogen-bond donors (Lipinski definition) is 1. The highest BCUT2D eigenvalue weighted by Crippen LogP contribution is 2.29. The number of nitro benzene ring substituents is 1. The molecule has 0 saturated heterocycles. The molecule has 0 radical (unpaired) electrons. The van der Waals surface area contributed by atoms with Gasteiger partial charge < -0.3 is 5.32 Å². The molecule has 21 heavy (non-hydrogen) atoms. The molecule has 5 nitrogen and oxygen atoms in total. The van der Waals surface area contributed by atoms with Crippen LogP contribution < -0.4 is 5.32 Å². The standard InChI is InChI=1S/C13H7Br2FN2O3/c14-7-4-5-8(9(15)6-7)13(19)17-12-10(16)2-1-3-11(12)18(20)21/h1-6H,(H,17,19). The smallest absolute Gasteiger partial charge is 0.295 e. The van der Waals surface area contributed by atoms with Crippen molar-refractivity contribution in [3.8, 4) is 0 Å². The summed E-state index contributed by atoms with van der Waals surface area (Å²) in [5, 5.41) is 13.1. The van der Waals surface area contributed by atoms with Crippen molar-refractivity contribution in [1.29, 1.82) is 0 Å². The van der Waals surface area contributed by atoms with Gasteiger partial charge in [-0.25, -0.2) is 4.39 Å². The Labute approximate surface area is 135 Å². The predicted molar refractivity (Wildman–Crippen MR) is 82.8 cm³/mol. The molecule has 8 heteroatoms. The second kappa shape index (κ2) is 6.31. The summed E-state index contributed by atoms with van der Waals surface area (Å²) >= 11 is 6.45. The Bertz CT molecular complexity index is 737. The molecule has 0 atom stereocenters. The van der Waals surface area contributed by atoms with Crippen LogP contribution in [0.5, 0.6) is 0 Å². The number of anilines is 1. The molecular weight excluding hydrogens is 411 g/mol. The van der Waals surface area contributed by atoms with Crippen molar-refractivity contribution >= 4 is 49.1 Å². The molecule has 108 valence electrons. The fraction of sp³-hybridized carbons (Fsp3) is 0. The molecular formula is C13H7Br2FN2O3. The van der Waals surface area contributed by atoms with Gasteiger partial charge in [0, 0.05) is 15.0 Å². The number of nitrogens with zero attached hydrogens (tertiary/aromatic N) is 1. The number of nitrogens with one attached hydrogen (secondary N) is 1. The van der Waals surface area contributed by atoms with E-state index in [2.05, 4.69) is 37.2 Å². The molecule has 2 aromatic carbocycles. The van der Waals surface area contributed by atoms with Gasteiger partial charge in [-0.2, -0.15) is 0 Å². The van der Waals surface area contributed by atoms with Gasteiger partial charge >= 0.3 is 0 Å². The normalized spacial score (nSPS) is 10.2. The van der Waals surface area contributed by atoms with Crippen LogP contribution in [0.1, 0.15) is 10.4 Å². The third-order valence-electron chi connectivity index (χ3n) is 2.60. The topological polar surface area (TPSA) is 72.2 Å². The van der Waals surface area contributed by atoms with Gasteiger partial charge in [0.05, 0.1) is 10.5 Å². The Morgan fingerprint density at radius 2 is 1.95 bits per heavy atom. The Kier molecular flexibility index (Phi) is 4.69. The van der Waals surface area contributed by atoms with Gasteiger partial charge in [0.15, 0.2) is 11.5 Å². The summed E-state index contributed by atoms with van der Waals surface area (Å²) < 4.78 is 14.9. The van der Waals surface area contributed by atoms with E-state index in [1.165, 1.54) is 12.1 Å². The number of rotatable bonds is 3. The van der Waals surface area contributed by atoms with Gasteiger partial charge in [-0.1, -0.05) is 22.0 Å². The van der Waals surface area contributed by atoms with E-state index in [0.717, 1.165) is 16.6 Å². The minimum absolute atomic E-state index is 0.232. The maximum absolute atomic E-state index is 13.7. The highest BCUT2D eigenvalue weighted by atomic mass is 79.9. The van der Waals surface area contributed by atoms with Gasteiger partial charge in [0.1, 0.15) is 0 Å². The number of nitro groups is 1. The summed E-state index contributed by atoms with van der Waals surface area (Å²) in [4.78, 5) is 22.2. The van der Waals surface area contributed by atoms with Gasteiger partial charge in [-0.05, 0) is 40.2 Å². The number of amides is 1. The molecule has 0 bridgehead atoms. The summed E-state index contributed by atoms with van der Waals surface area (Å²) in [6.45, 7) is 0. The molecule has 2 aromatic rings. The number of para-hydroxylation sites is 1. The van der Waals surface area contributed by atoms with E-state index in [9.17, 15) is 19.3 Å². The van der Waals surface area contributed by atoms with Crippen LogP contribution in [0.4, 0.5) is 15.8 Å². The average molecular weight is 418 g/mol. The average Bonchev–Trinajstić information content (AvgIpc) is 2.40. The van der Waals surface area contributed by atoms with Crippen LogP contribution in [0.2, 0.25) is 0 Å². The number of carbonyl (C=O) groups is 1. The lowest BCUT2D eigenvalue weighted by Crippen LogP contribution is -2.15. The second-order valence-corrected chi connectivity index (χ2v) is 5.74. The monoisotopic (exact) mass is 416 g/mol. The molecule has 0 aliphatic rings. The van der Waals surface area contributed by atoms with Gasteiger partial charge in [0.2, 0.25) is 0 Å². The highest BCUT2D eigenvalue weighted by Gasteiger charge is 2.21. The minimum Gasteiger partial charge on any atom is -0.314 e. The first-order chi connectivity index (χ1) is 9.90. The first-order valence-corrected chi connectivity index (χ1v) is 7.18. The van der Waals surface area contributed by atoms with Crippen molar-refractivity contribution in [3.05, 3.63) is 66.8 Å². The lowest BCUT2D eigenvalue weighted by Gasteiger charge is -2.08. The Hall–Kier alpha value is -1.80.